The molecular weight excluding hydrogens is 281 g/mol. The van der Waals surface area contributed by atoms with Crippen molar-refractivity contribution < 1.29 is 13.2 Å². The number of hydrogen-bond acceptors (Lipinski definition) is 4. The van der Waals surface area contributed by atoms with Crippen LogP contribution in [0.3, 0.4) is 0 Å². The van der Waals surface area contributed by atoms with Gasteiger partial charge in [-0.15, -0.1) is 0 Å². The number of hydrogen-bond donors (Lipinski definition) is 2. The second kappa shape index (κ2) is 5.16. The third-order valence-electron chi connectivity index (χ3n) is 2.85. The van der Waals surface area contributed by atoms with Gasteiger partial charge in [0.15, 0.2) is 5.69 Å². The van der Waals surface area contributed by atoms with Crippen molar-refractivity contribution in [2.45, 2.75) is 20.0 Å². The normalized spacial score (nSPS) is 13.2. The highest BCUT2D eigenvalue weighted by molar-refractivity contribution is 6.21. The Labute approximate surface area is 119 Å². The fourth-order valence-corrected chi connectivity index (χ4v) is 2.03. The zero-order chi connectivity index (χ0) is 15.8. The summed E-state index contributed by atoms with van der Waals surface area (Å²) >= 11 is 0. The minimum absolute atomic E-state index is 0.0411. The van der Waals surface area contributed by atoms with Gasteiger partial charge in [-0.2, -0.15) is 13.2 Å². The summed E-state index contributed by atoms with van der Waals surface area (Å²) in [6.45, 7) is 2.80. The number of nitrogens with zero attached hydrogens (tertiary/aromatic N) is 2. The zero-order valence-corrected chi connectivity index (χ0v) is 11.4. The highest BCUT2D eigenvalue weighted by atomic mass is 19.4. The van der Waals surface area contributed by atoms with Crippen LogP contribution < -0.4 is 5.73 Å². The van der Waals surface area contributed by atoms with E-state index in [2.05, 4.69) is 9.97 Å². The van der Waals surface area contributed by atoms with Gasteiger partial charge in [-0.25, -0.2) is 9.97 Å². The van der Waals surface area contributed by atoms with E-state index in [0.29, 0.717) is 5.52 Å². The summed E-state index contributed by atoms with van der Waals surface area (Å²) in [5.41, 5.74) is 4.51. The Bertz CT molecular complexity index is 743. The molecule has 110 valence electrons. The lowest BCUT2D eigenvalue weighted by molar-refractivity contribution is -0.141. The van der Waals surface area contributed by atoms with Crippen LogP contribution in [0.15, 0.2) is 30.0 Å². The quantitative estimate of drug-likeness (QED) is 0.834. The van der Waals surface area contributed by atoms with Crippen LogP contribution in [-0.2, 0) is 6.18 Å². The number of nitrogens with two attached hydrogens (primary N) is 1. The second-order valence-electron chi connectivity index (χ2n) is 4.59. The number of allylic oxidation sites excluding steroid dienone is 2. The average molecular weight is 294 g/mol. The number of aromatic nitrogens is 2. The third-order valence-corrected chi connectivity index (χ3v) is 2.85. The lowest BCUT2D eigenvalue weighted by Gasteiger charge is -2.15. The number of nitrogens with one attached hydrogen (secondary N) is 1. The highest BCUT2D eigenvalue weighted by Crippen LogP contribution is 2.34. The van der Waals surface area contributed by atoms with E-state index in [1.807, 2.05) is 0 Å². The summed E-state index contributed by atoms with van der Waals surface area (Å²) in [4.78, 5) is 7.68. The van der Waals surface area contributed by atoms with E-state index in [-0.39, 0.29) is 22.5 Å². The van der Waals surface area contributed by atoms with Gasteiger partial charge in [0.05, 0.1) is 11.0 Å². The Morgan fingerprint density at radius 2 is 1.62 bits per heavy atom. The molecule has 0 amide bonds. The fourth-order valence-electron chi connectivity index (χ4n) is 2.03. The Morgan fingerprint density at radius 3 is 2.05 bits per heavy atom. The van der Waals surface area contributed by atoms with Crippen LogP contribution in [0.4, 0.5) is 13.2 Å². The Morgan fingerprint density at radius 1 is 1.10 bits per heavy atom. The van der Waals surface area contributed by atoms with Gasteiger partial charge in [-0.3, -0.25) is 0 Å². The summed E-state index contributed by atoms with van der Waals surface area (Å²) in [6.07, 6.45) is -4.68. The largest absolute Gasteiger partial charge is 0.435 e. The number of para-hydroxylation sites is 2. The maximum atomic E-state index is 13.2. The van der Waals surface area contributed by atoms with Gasteiger partial charge in [0.1, 0.15) is 5.69 Å². The molecule has 0 bridgehead atoms. The van der Waals surface area contributed by atoms with Crippen LogP contribution in [0.5, 0.6) is 0 Å². The molecule has 0 aliphatic heterocycles. The molecule has 1 heterocycles. The van der Waals surface area contributed by atoms with Gasteiger partial charge in [0, 0.05) is 17.0 Å². The van der Waals surface area contributed by atoms with E-state index in [4.69, 9.17) is 11.1 Å². The molecule has 0 saturated heterocycles. The third kappa shape index (κ3) is 2.86. The summed E-state index contributed by atoms with van der Waals surface area (Å²) < 4.78 is 39.7. The Kier molecular flexibility index (Phi) is 3.67. The summed E-state index contributed by atoms with van der Waals surface area (Å²) in [5.74, 6) is 0. The number of fused-ring (bicyclic) bond motifs is 1. The molecule has 0 radical (unpaired) electrons. The van der Waals surface area contributed by atoms with Crippen molar-refractivity contribution in [3.8, 4) is 0 Å². The topological polar surface area (TPSA) is 75.7 Å². The molecule has 0 fully saturated rings. The van der Waals surface area contributed by atoms with Crippen molar-refractivity contribution in [3.63, 3.8) is 0 Å². The van der Waals surface area contributed by atoms with E-state index in [0.717, 1.165) is 0 Å². The maximum Gasteiger partial charge on any atom is 0.435 e. The number of benzene rings is 1. The van der Waals surface area contributed by atoms with E-state index in [1.54, 1.807) is 18.2 Å². The molecule has 2 rings (SSSR count). The SMILES string of the molecule is CC(=N)/C(=C(/C)N)c1nc2ccccc2nc1C(F)(F)F. The Hall–Kier alpha value is -2.44. The molecule has 0 unspecified atom stereocenters. The molecule has 1 aromatic heterocycles. The molecule has 4 nitrogen and oxygen atoms in total. The number of alkyl halides is 3. The van der Waals surface area contributed by atoms with Crippen molar-refractivity contribution in [2.24, 2.45) is 5.73 Å². The minimum Gasteiger partial charge on any atom is -0.402 e. The number of halogens is 3. The van der Waals surface area contributed by atoms with E-state index >= 15 is 0 Å². The lowest BCUT2D eigenvalue weighted by atomic mass is 10.0. The van der Waals surface area contributed by atoms with Crippen molar-refractivity contribution in [1.82, 2.24) is 9.97 Å². The van der Waals surface area contributed by atoms with Crippen LogP contribution in [0, 0.1) is 5.41 Å². The van der Waals surface area contributed by atoms with Crippen LogP contribution in [-0.4, -0.2) is 15.7 Å². The standard InChI is InChI=1S/C14H13F3N4/c1-7(18)11(8(2)19)12-13(14(15,16)17)21-10-6-4-3-5-9(10)20-12/h3-6,18H,19H2,1-2H3/b11-8+,18-7?. The molecular formula is C14H13F3N4. The second-order valence-corrected chi connectivity index (χ2v) is 4.59. The predicted molar refractivity (Wildman–Crippen MR) is 74.7 cm³/mol. The molecule has 0 atom stereocenters. The van der Waals surface area contributed by atoms with Crippen LogP contribution in [0.1, 0.15) is 25.2 Å². The van der Waals surface area contributed by atoms with Gasteiger partial charge in [-0.05, 0) is 26.0 Å². The van der Waals surface area contributed by atoms with E-state index < -0.39 is 17.6 Å². The van der Waals surface area contributed by atoms with Gasteiger partial charge in [0.25, 0.3) is 0 Å². The first-order valence-electron chi connectivity index (χ1n) is 6.08. The Balaban J connectivity index is 2.89. The van der Waals surface area contributed by atoms with Gasteiger partial charge < -0.3 is 11.1 Å². The summed E-state index contributed by atoms with van der Waals surface area (Å²) in [7, 11) is 0. The predicted octanol–water partition coefficient (Wildman–Crippen LogP) is 3.38. The van der Waals surface area contributed by atoms with Crippen molar-refractivity contribution in [2.75, 3.05) is 0 Å². The molecule has 3 N–H and O–H groups in total. The smallest absolute Gasteiger partial charge is 0.402 e. The summed E-state index contributed by atoms with van der Waals surface area (Å²) in [6, 6.07) is 6.26. The average Bonchev–Trinajstić information content (AvgIpc) is 2.35. The van der Waals surface area contributed by atoms with Gasteiger partial charge in [0.2, 0.25) is 0 Å². The molecule has 7 heteroatoms. The molecule has 1 aromatic carbocycles. The van der Waals surface area contributed by atoms with E-state index in [1.165, 1.54) is 19.9 Å². The molecule has 0 aliphatic carbocycles. The monoisotopic (exact) mass is 294 g/mol. The number of rotatable bonds is 2. The molecule has 0 aliphatic rings. The maximum absolute atomic E-state index is 13.2. The van der Waals surface area contributed by atoms with E-state index in [9.17, 15) is 13.2 Å². The minimum atomic E-state index is -4.68. The fraction of sp³-hybridized carbons (Fsp3) is 0.214. The first kappa shape index (κ1) is 15.0. The van der Waals surface area contributed by atoms with Gasteiger partial charge >= 0.3 is 6.18 Å². The first-order valence-corrected chi connectivity index (χ1v) is 6.08. The van der Waals surface area contributed by atoms with Crippen molar-refractivity contribution in [3.05, 3.63) is 41.4 Å². The highest BCUT2D eigenvalue weighted by Gasteiger charge is 2.38. The van der Waals surface area contributed by atoms with Crippen molar-refractivity contribution >= 4 is 22.3 Å². The zero-order valence-electron chi connectivity index (χ0n) is 11.4. The lowest BCUT2D eigenvalue weighted by Crippen LogP contribution is -2.17. The van der Waals surface area contributed by atoms with Crippen LogP contribution >= 0.6 is 0 Å². The molecule has 21 heavy (non-hydrogen) atoms. The molecule has 0 saturated carbocycles. The van der Waals surface area contributed by atoms with Crippen molar-refractivity contribution in [1.29, 1.82) is 5.41 Å². The van der Waals surface area contributed by atoms with Crippen LogP contribution in [0.2, 0.25) is 0 Å². The first-order chi connectivity index (χ1) is 9.71. The summed E-state index contributed by atoms with van der Waals surface area (Å²) in [5, 5.41) is 7.66. The van der Waals surface area contributed by atoms with Gasteiger partial charge in [-0.1, -0.05) is 12.1 Å². The molecule has 2 aromatic rings. The molecule has 0 spiro atoms. The van der Waals surface area contributed by atoms with Crippen LogP contribution in [0.25, 0.3) is 16.6 Å².